The van der Waals surface area contributed by atoms with Crippen molar-refractivity contribution in [2.45, 2.75) is 31.3 Å². The highest BCUT2D eigenvalue weighted by Gasteiger charge is 2.33. The van der Waals surface area contributed by atoms with Crippen LogP contribution in [0.3, 0.4) is 0 Å². The minimum absolute atomic E-state index is 0.0889. The third-order valence-electron chi connectivity index (χ3n) is 5.34. The molecule has 1 aliphatic carbocycles. The van der Waals surface area contributed by atoms with E-state index in [4.69, 9.17) is 4.74 Å². The van der Waals surface area contributed by atoms with E-state index in [2.05, 4.69) is 25.4 Å². The zero-order valence-electron chi connectivity index (χ0n) is 15.3. The molecule has 3 aromatic heterocycles. The van der Waals surface area contributed by atoms with E-state index in [1.165, 1.54) is 10.2 Å². The second kappa shape index (κ2) is 7.12. The minimum Gasteiger partial charge on any atom is -0.377 e. The molecule has 0 spiro atoms. The monoisotopic (exact) mass is 376 g/mol. The van der Waals surface area contributed by atoms with Gasteiger partial charge in [-0.1, -0.05) is 0 Å². The molecule has 1 N–H and O–H groups in total. The average molecular weight is 376 g/mol. The van der Waals surface area contributed by atoms with Crippen LogP contribution in [0.4, 0.5) is 5.82 Å². The summed E-state index contributed by atoms with van der Waals surface area (Å²) >= 11 is 0. The number of nitrogens with zero attached hydrogens (tertiary/aromatic N) is 5. The molecule has 1 fully saturated rings. The Morgan fingerprint density at radius 1 is 1.14 bits per heavy atom. The largest absolute Gasteiger partial charge is 0.377 e. The van der Waals surface area contributed by atoms with Gasteiger partial charge in [0.05, 0.1) is 24.9 Å². The average Bonchev–Trinajstić information content (AvgIpc) is 3.39. The standard InChI is InChI=1S/C20H20N6O2/c27-19-7-6-15(13-3-2-8-21-9-13)25-26(19)18-11-28-10-17(18)24-20-14-4-1-5-16(14)22-12-23-20/h2-3,6-9,12,17-18H,1,4-5,10-11H2,(H,22,23,24). The van der Waals surface area contributed by atoms with Crippen LogP contribution in [0.25, 0.3) is 11.3 Å². The van der Waals surface area contributed by atoms with Crippen molar-refractivity contribution in [3.05, 3.63) is 64.6 Å². The highest BCUT2D eigenvalue weighted by Crippen LogP contribution is 2.28. The van der Waals surface area contributed by atoms with Crippen molar-refractivity contribution < 1.29 is 4.74 Å². The second-order valence-corrected chi connectivity index (χ2v) is 7.10. The molecule has 0 radical (unpaired) electrons. The summed E-state index contributed by atoms with van der Waals surface area (Å²) in [6.45, 7) is 0.920. The molecule has 8 nitrogen and oxygen atoms in total. The van der Waals surface area contributed by atoms with Crippen molar-refractivity contribution in [1.82, 2.24) is 24.7 Å². The Bertz CT molecular complexity index is 1050. The number of anilines is 1. The summed E-state index contributed by atoms with van der Waals surface area (Å²) in [5.74, 6) is 0.847. The molecule has 0 aromatic carbocycles. The van der Waals surface area contributed by atoms with Gasteiger partial charge in [0.15, 0.2) is 0 Å². The number of fused-ring (bicyclic) bond motifs is 1. The van der Waals surface area contributed by atoms with Gasteiger partial charge < -0.3 is 10.1 Å². The Morgan fingerprint density at radius 3 is 3.00 bits per heavy atom. The van der Waals surface area contributed by atoms with Gasteiger partial charge in [-0.05, 0) is 37.5 Å². The van der Waals surface area contributed by atoms with Crippen LogP contribution in [0.1, 0.15) is 23.7 Å². The lowest BCUT2D eigenvalue weighted by atomic mass is 10.1. The first-order chi connectivity index (χ1) is 13.8. The molecule has 142 valence electrons. The Morgan fingerprint density at radius 2 is 2.11 bits per heavy atom. The molecule has 3 aromatic rings. The second-order valence-electron chi connectivity index (χ2n) is 7.10. The molecule has 8 heteroatoms. The van der Waals surface area contributed by atoms with Crippen molar-refractivity contribution >= 4 is 5.82 Å². The quantitative estimate of drug-likeness (QED) is 0.739. The number of hydrogen-bond acceptors (Lipinski definition) is 7. The summed E-state index contributed by atoms with van der Waals surface area (Å²) in [7, 11) is 0. The molecule has 2 aliphatic rings. The third kappa shape index (κ3) is 3.05. The van der Waals surface area contributed by atoms with Gasteiger partial charge in [-0.25, -0.2) is 14.6 Å². The molecule has 4 heterocycles. The van der Waals surface area contributed by atoms with Gasteiger partial charge in [-0.15, -0.1) is 0 Å². The molecular weight excluding hydrogens is 356 g/mol. The van der Waals surface area contributed by atoms with Crippen LogP contribution in [-0.2, 0) is 17.6 Å². The number of pyridine rings is 1. The van der Waals surface area contributed by atoms with E-state index in [-0.39, 0.29) is 17.6 Å². The number of aromatic nitrogens is 5. The van der Waals surface area contributed by atoms with E-state index in [1.54, 1.807) is 30.9 Å². The van der Waals surface area contributed by atoms with Gasteiger partial charge in [-0.3, -0.25) is 9.78 Å². The zero-order chi connectivity index (χ0) is 18.9. The smallest absolute Gasteiger partial charge is 0.267 e. The van der Waals surface area contributed by atoms with Crippen molar-refractivity contribution in [2.24, 2.45) is 0 Å². The predicted molar refractivity (Wildman–Crippen MR) is 103 cm³/mol. The van der Waals surface area contributed by atoms with Crippen molar-refractivity contribution in [1.29, 1.82) is 0 Å². The Labute approximate surface area is 161 Å². The Hall–Kier alpha value is -3.13. The van der Waals surface area contributed by atoms with E-state index < -0.39 is 0 Å². The van der Waals surface area contributed by atoms with Crippen LogP contribution in [0.5, 0.6) is 0 Å². The van der Waals surface area contributed by atoms with Crippen LogP contribution < -0.4 is 10.9 Å². The van der Waals surface area contributed by atoms with Gasteiger partial charge >= 0.3 is 0 Å². The predicted octanol–water partition coefficient (Wildman–Crippen LogP) is 1.64. The van der Waals surface area contributed by atoms with Crippen molar-refractivity contribution in [2.75, 3.05) is 18.5 Å². The number of aryl methyl sites for hydroxylation is 1. The van der Waals surface area contributed by atoms with E-state index >= 15 is 0 Å². The molecule has 0 saturated carbocycles. The fraction of sp³-hybridized carbons (Fsp3) is 0.350. The lowest BCUT2D eigenvalue weighted by Crippen LogP contribution is -2.37. The fourth-order valence-electron chi connectivity index (χ4n) is 3.91. The first-order valence-electron chi connectivity index (χ1n) is 9.47. The number of ether oxygens (including phenoxy) is 1. The molecule has 0 bridgehead atoms. The summed E-state index contributed by atoms with van der Waals surface area (Å²) in [6, 6.07) is 6.75. The van der Waals surface area contributed by atoms with Gasteiger partial charge in [0.2, 0.25) is 0 Å². The molecule has 0 amide bonds. The number of hydrogen-bond donors (Lipinski definition) is 1. The van der Waals surface area contributed by atoms with Crippen LogP contribution in [-0.4, -0.2) is 44.0 Å². The normalized spacial score (nSPS) is 20.9. The van der Waals surface area contributed by atoms with Gasteiger partial charge in [0.1, 0.15) is 18.2 Å². The number of rotatable bonds is 4. The maximum atomic E-state index is 12.6. The summed E-state index contributed by atoms with van der Waals surface area (Å²) in [5, 5.41) is 8.09. The first-order valence-corrected chi connectivity index (χ1v) is 9.47. The Kier molecular flexibility index (Phi) is 4.32. The molecule has 1 saturated heterocycles. The molecule has 2 unspecified atom stereocenters. The summed E-state index contributed by atoms with van der Waals surface area (Å²) in [6.07, 6.45) is 8.12. The van der Waals surface area contributed by atoms with Gasteiger partial charge in [0.25, 0.3) is 5.56 Å². The lowest BCUT2D eigenvalue weighted by Gasteiger charge is -2.22. The molecule has 28 heavy (non-hydrogen) atoms. The van der Waals surface area contributed by atoms with Crippen LogP contribution in [0.2, 0.25) is 0 Å². The maximum Gasteiger partial charge on any atom is 0.267 e. The molecule has 1 aliphatic heterocycles. The highest BCUT2D eigenvalue weighted by atomic mass is 16.5. The Balaban J connectivity index is 1.46. The van der Waals surface area contributed by atoms with Gasteiger partial charge in [0, 0.05) is 35.3 Å². The van der Waals surface area contributed by atoms with E-state index in [9.17, 15) is 4.79 Å². The fourth-order valence-corrected chi connectivity index (χ4v) is 3.91. The van der Waals surface area contributed by atoms with Gasteiger partial charge in [-0.2, -0.15) is 5.10 Å². The van der Waals surface area contributed by atoms with Crippen molar-refractivity contribution in [3.63, 3.8) is 0 Å². The van der Waals surface area contributed by atoms with Crippen LogP contribution >= 0.6 is 0 Å². The highest BCUT2D eigenvalue weighted by molar-refractivity contribution is 5.56. The van der Waals surface area contributed by atoms with E-state index in [1.807, 2.05) is 12.1 Å². The summed E-state index contributed by atoms with van der Waals surface area (Å²) in [4.78, 5) is 25.5. The lowest BCUT2D eigenvalue weighted by molar-refractivity contribution is 0.183. The van der Waals surface area contributed by atoms with Crippen molar-refractivity contribution in [3.8, 4) is 11.3 Å². The third-order valence-corrected chi connectivity index (χ3v) is 5.34. The SMILES string of the molecule is O=c1ccc(-c2cccnc2)nn1C1COCC1Nc1ncnc2c1CCC2. The first kappa shape index (κ1) is 17.0. The van der Waals surface area contributed by atoms with E-state index in [0.717, 1.165) is 36.3 Å². The van der Waals surface area contributed by atoms with Crippen LogP contribution in [0, 0.1) is 0 Å². The zero-order valence-corrected chi connectivity index (χ0v) is 15.3. The summed E-state index contributed by atoms with van der Waals surface area (Å²) < 4.78 is 7.22. The molecular formula is C20H20N6O2. The topological polar surface area (TPSA) is 94.8 Å². The minimum atomic E-state index is -0.212. The maximum absolute atomic E-state index is 12.6. The molecule has 2 atom stereocenters. The number of nitrogens with one attached hydrogen (secondary N) is 1. The van der Waals surface area contributed by atoms with Crippen LogP contribution in [0.15, 0.2) is 47.8 Å². The van der Waals surface area contributed by atoms with E-state index in [0.29, 0.717) is 18.9 Å². The molecule has 5 rings (SSSR count). The summed E-state index contributed by atoms with van der Waals surface area (Å²) in [5.41, 5.74) is 3.72.